The van der Waals surface area contributed by atoms with Crippen molar-refractivity contribution in [3.8, 4) is 0 Å². The molecular weight excluding hydrogens is 306 g/mol. The molecule has 2 amide bonds. The van der Waals surface area contributed by atoms with Gasteiger partial charge in [0.05, 0.1) is 18.8 Å². The quantitative estimate of drug-likeness (QED) is 0.855. The van der Waals surface area contributed by atoms with E-state index >= 15 is 0 Å². The zero-order valence-electron chi connectivity index (χ0n) is 13.6. The third kappa shape index (κ3) is 3.83. The van der Waals surface area contributed by atoms with Crippen LogP contribution in [0.25, 0.3) is 0 Å². The number of amides is 2. The number of benzene rings is 1. The zero-order chi connectivity index (χ0) is 16.9. The van der Waals surface area contributed by atoms with Crippen LogP contribution in [-0.4, -0.2) is 24.9 Å². The Labute approximate surface area is 140 Å². The second-order valence-corrected chi connectivity index (χ2v) is 5.86. The standard InChI is InChI=1S/C18H21N3O3/c1-13(16-4-3-11-24-16)19-12-17(22)20-14-6-8-15(9-7-14)21-10-2-5-18(21)23/h3-4,6-9,11,13,19H,2,5,10,12H2,1H3,(H,20,22)/t13-/m0/s1. The van der Waals surface area contributed by atoms with Gasteiger partial charge >= 0.3 is 0 Å². The maximum atomic E-state index is 12.0. The minimum Gasteiger partial charge on any atom is -0.468 e. The molecule has 1 aromatic carbocycles. The molecule has 0 unspecified atom stereocenters. The molecule has 126 valence electrons. The highest BCUT2D eigenvalue weighted by Crippen LogP contribution is 2.23. The van der Waals surface area contributed by atoms with E-state index < -0.39 is 0 Å². The summed E-state index contributed by atoms with van der Waals surface area (Å²) in [5.41, 5.74) is 1.59. The summed E-state index contributed by atoms with van der Waals surface area (Å²) in [5, 5.41) is 5.94. The van der Waals surface area contributed by atoms with E-state index in [0.29, 0.717) is 12.1 Å². The topological polar surface area (TPSA) is 74.6 Å². The van der Waals surface area contributed by atoms with Crippen molar-refractivity contribution in [2.24, 2.45) is 0 Å². The van der Waals surface area contributed by atoms with Crippen molar-refractivity contribution in [3.05, 3.63) is 48.4 Å². The van der Waals surface area contributed by atoms with E-state index in [1.54, 1.807) is 11.2 Å². The summed E-state index contributed by atoms with van der Waals surface area (Å²) in [6, 6.07) is 11.0. The number of furan rings is 1. The minimum atomic E-state index is -0.126. The van der Waals surface area contributed by atoms with Gasteiger partial charge in [0.1, 0.15) is 5.76 Å². The van der Waals surface area contributed by atoms with Gasteiger partial charge in [0.25, 0.3) is 0 Å². The molecule has 1 aromatic heterocycles. The molecule has 0 saturated carbocycles. The fraction of sp³-hybridized carbons (Fsp3) is 0.333. The molecule has 1 aliphatic heterocycles. The molecule has 3 rings (SSSR count). The minimum absolute atomic E-state index is 0.0331. The van der Waals surface area contributed by atoms with Gasteiger partial charge in [-0.15, -0.1) is 0 Å². The third-order valence-corrected chi connectivity index (χ3v) is 4.07. The van der Waals surface area contributed by atoms with Crippen LogP contribution in [0.15, 0.2) is 47.1 Å². The monoisotopic (exact) mass is 327 g/mol. The molecule has 1 atom stereocenters. The molecule has 1 fully saturated rings. The van der Waals surface area contributed by atoms with Crippen LogP contribution < -0.4 is 15.5 Å². The Balaban J connectivity index is 1.50. The fourth-order valence-corrected chi connectivity index (χ4v) is 2.74. The Hall–Kier alpha value is -2.60. The van der Waals surface area contributed by atoms with Crippen LogP contribution in [0.1, 0.15) is 31.6 Å². The van der Waals surface area contributed by atoms with Gasteiger partial charge in [-0.2, -0.15) is 0 Å². The summed E-state index contributed by atoms with van der Waals surface area (Å²) < 4.78 is 5.29. The summed E-state index contributed by atoms with van der Waals surface area (Å²) in [7, 11) is 0. The van der Waals surface area contributed by atoms with Gasteiger partial charge in [-0.25, -0.2) is 0 Å². The third-order valence-electron chi connectivity index (χ3n) is 4.07. The van der Waals surface area contributed by atoms with E-state index in [2.05, 4.69) is 10.6 Å². The lowest BCUT2D eigenvalue weighted by Crippen LogP contribution is -2.30. The van der Waals surface area contributed by atoms with Gasteiger partial charge in [-0.3, -0.25) is 14.9 Å². The first-order chi connectivity index (χ1) is 11.6. The average Bonchev–Trinajstić information content (AvgIpc) is 3.25. The van der Waals surface area contributed by atoms with E-state index in [1.807, 2.05) is 43.3 Å². The number of carbonyl (C=O) groups is 2. The van der Waals surface area contributed by atoms with E-state index in [9.17, 15) is 9.59 Å². The first-order valence-electron chi connectivity index (χ1n) is 8.10. The molecule has 0 radical (unpaired) electrons. The lowest BCUT2D eigenvalue weighted by Gasteiger charge is -2.16. The molecule has 0 aliphatic carbocycles. The Kier molecular flexibility index (Phi) is 4.96. The van der Waals surface area contributed by atoms with E-state index in [-0.39, 0.29) is 24.4 Å². The highest BCUT2D eigenvalue weighted by molar-refractivity contribution is 5.96. The summed E-state index contributed by atoms with van der Waals surface area (Å²) in [5.74, 6) is 0.823. The Bertz CT molecular complexity index is 695. The molecule has 0 spiro atoms. The van der Waals surface area contributed by atoms with Crippen LogP contribution in [0.3, 0.4) is 0 Å². The molecule has 2 aromatic rings. The second-order valence-electron chi connectivity index (χ2n) is 5.86. The zero-order valence-corrected chi connectivity index (χ0v) is 13.6. The number of hydrogen-bond donors (Lipinski definition) is 2. The summed E-state index contributed by atoms with van der Waals surface area (Å²) in [6.07, 6.45) is 3.12. The highest BCUT2D eigenvalue weighted by atomic mass is 16.3. The number of rotatable bonds is 6. The highest BCUT2D eigenvalue weighted by Gasteiger charge is 2.21. The normalized spacial score (nSPS) is 15.5. The van der Waals surface area contributed by atoms with Crippen LogP contribution in [-0.2, 0) is 9.59 Å². The van der Waals surface area contributed by atoms with Crippen LogP contribution in [0.5, 0.6) is 0 Å². The van der Waals surface area contributed by atoms with E-state index in [1.165, 1.54) is 0 Å². The van der Waals surface area contributed by atoms with Crippen molar-refractivity contribution in [1.29, 1.82) is 0 Å². The lowest BCUT2D eigenvalue weighted by atomic mass is 10.2. The molecule has 2 N–H and O–H groups in total. The van der Waals surface area contributed by atoms with Gasteiger partial charge in [-0.1, -0.05) is 0 Å². The molecule has 2 heterocycles. The Morgan fingerprint density at radius 3 is 2.71 bits per heavy atom. The van der Waals surface area contributed by atoms with Crippen LogP contribution in [0, 0.1) is 0 Å². The summed E-state index contributed by atoms with van der Waals surface area (Å²) in [6.45, 7) is 2.89. The van der Waals surface area contributed by atoms with Crippen LogP contribution in [0.2, 0.25) is 0 Å². The SMILES string of the molecule is C[C@H](NCC(=O)Nc1ccc(N2CCCC2=O)cc1)c1ccco1. The van der Waals surface area contributed by atoms with Gasteiger partial charge in [0.2, 0.25) is 11.8 Å². The molecule has 1 saturated heterocycles. The predicted molar refractivity (Wildman–Crippen MR) is 91.8 cm³/mol. The maximum Gasteiger partial charge on any atom is 0.238 e. The van der Waals surface area contributed by atoms with Gasteiger partial charge in [0.15, 0.2) is 0 Å². The van der Waals surface area contributed by atoms with Gasteiger partial charge < -0.3 is 14.6 Å². The molecule has 24 heavy (non-hydrogen) atoms. The van der Waals surface area contributed by atoms with E-state index in [0.717, 1.165) is 24.4 Å². The maximum absolute atomic E-state index is 12.0. The van der Waals surface area contributed by atoms with Crippen LogP contribution in [0.4, 0.5) is 11.4 Å². The summed E-state index contributed by atoms with van der Waals surface area (Å²) in [4.78, 5) is 25.5. The molecule has 6 heteroatoms. The van der Waals surface area contributed by atoms with Gasteiger partial charge in [-0.05, 0) is 49.7 Å². The number of hydrogen-bond acceptors (Lipinski definition) is 4. The van der Waals surface area contributed by atoms with Crippen molar-refractivity contribution in [1.82, 2.24) is 5.32 Å². The van der Waals surface area contributed by atoms with Crippen molar-refractivity contribution in [3.63, 3.8) is 0 Å². The first kappa shape index (κ1) is 16.3. The predicted octanol–water partition coefficient (Wildman–Crippen LogP) is 2.70. The smallest absolute Gasteiger partial charge is 0.238 e. The number of nitrogens with zero attached hydrogens (tertiary/aromatic N) is 1. The molecule has 0 bridgehead atoms. The van der Waals surface area contributed by atoms with Crippen molar-refractivity contribution in [2.75, 3.05) is 23.3 Å². The first-order valence-corrected chi connectivity index (χ1v) is 8.10. The van der Waals surface area contributed by atoms with Crippen molar-refractivity contribution in [2.45, 2.75) is 25.8 Å². The van der Waals surface area contributed by atoms with Crippen molar-refractivity contribution < 1.29 is 14.0 Å². The second kappa shape index (κ2) is 7.31. The number of anilines is 2. The average molecular weight is 327 g/mol. The largest absolute Gasteiger partial charge is 0.468 e. The molecule has 6 nitrogen and oxygen atoms in total. The molecule has 1 aliphatic rings. The van der Waals surface area contributed by atoms with Gasteiger partial charge in [0, 0.05) is 24.3 Å². The number of nitrogens with one attached hydrogen (secondary N) is 2. The summed E-state index contributed by atoms with van der Waals surface area (Å²) >= 11 is 0. The van der Waals surface area contributed by atoms with E-state index in [4.69, 9.17) is 4.42 Å². The van der Waals surface area contributed by atoms with Crippen LogP contribution >= 0.6 is 0 Å². The Morgan fingerprint density at radius 1 is 1.29 bits per heavy atom. The van der Waals surface area contributed by atoms with Crippen molar-refractivity contribution >= 4 is 23.2 Å². The molecular formula is C18H21N3O3. The lowest BCUT2D eigenvalue weighted by molar-refractivity contribution is -0.117. The fourth-order valence-electron chi connectivity index (χ4n) is 2.74. The number of carbonyl (C=O) groups excluding carboxylic acids is 2. The Morgan fingerprint density at radius 2 is 2.08 bits per heavy atom.